The fraction of sp³-hybridized carbons (Fsp3) is 0.381. The fourth-order valence-corrected chi connectivity index (χ4v) is 4.06. The summed E-state index contributed by atoms with van der Waals surface area (Å²) >= 11 is 0. The molecule has 1 aliphatic rings. The Kier molecular flexibility index (Phi) is 6.18. The molecular weight excluding hydrogens is 388 g/mol. The molecule has 152 valence electrons. The summed E-state index contributed by atoms with van der Waals surface area (Å²) in [6, 6.07) is 12.0. The van der Waals surface area contributed by atoms with Gasteiger partial charge in [0.2, 0.25) is 5.91 Å². The van der Waals surface area contributed by atoms with E-state index in [1.165, 1.54) is 6.26 Å². The lowest BCUT2D eigenvalue weighted by molar-refractivity contribution is -0.126. The molecule has 0 unspecified atom stereocenters. The molecule has 29 heavy (non-hydrogen) atoms. The van der Waals surface area contributed by atoms with Crippen molar-refractivity contribution in [1.82, 2.24) is 10.3 Å². The smallest absolute Gasteiger partial charge is 0.223 e. The molecule has 1 atom stereocenters. The normalized spacial score (nSPS) is 16.1. The number of carbonyl (C=O) groups excluding carboxylic acids is 1. The van der Waals surface area contributed by atoms with Crippen molar-refractivity contribution in [2.24, 2.45) is 5.92 Å². The summed E-state index contributed by atoms with van der Waals surface area (Å²) in [5.41, 5.74) is 1.39. The van der Waals surface area contributed by atoms with Crippen molar-refractivity contribution in [2.45, 2.75) is 30.7 Å². The van der Waals surface area contributed by atoms with Crippen LogP contribution in [0, 0.1) is 17.2 Å². The van der Waals surface area contributed by atoms with Crippen LogP contribution in [0.3, 0.4) is 0 Å². The van der Waals surface area contributed by atoms with Gasteiger partial charge < -0.3 is 10.2 Å². The third kappa shape index (κ3) is 5.12. The van der Waals surface area contributed by atoms with Gasteiger partial charge in [0.1, 0.15) is 11.9 Å². The van der Waals surface area contributed by atoms with Gasteiger partial charge in [-0.1, -0.05) is 12.1 Å². The maximum atomic E-state index is 12.7. The van der Waals surface area contributed by atoms with Crippen LogP contribution in [-0.2, 0) is 14.6 Å². The average molecular weight is 413 g/mol. The summed E-state index contributed by atoms with van der Waals surface area (Å²) in [5, 5.41) is 11.9. The van der Waals surface area contributed by atoms with Crippen LogP contribution in [0.5, 0.6) is 0 Å². The minimum Gasteiger partial charge on any atom is -0.357 e. The average Bonchev–Trinajstić information content (AvgIpc) is 2.73. The highest BCUT2D eigenvalue weighted by Crippen LogP contribution is 2.23. The number of rotatable bonds is 5. The fourth-order valence-electron chi connectivity index (χ4n) is 3.43. The van der Waals surface area contributed by atoms with Gasteiger partial charge in [0.05, 0.1) is 16.5 Å². The van der Waals surface area contributed by atoms with Gasteiger partial charge >= 0.3 is 0 Å². The number of hydrogen-bond donors (Lipinski definition) is 1. The van der Waals surface area contributed by atoms with Crippen LogP contribution in [-0.4, -0.2) is 38.7 Å². The van der Waals surface area contributed by atoms with E-state index in [-0.39, 0.29) is 22.8 Å². The molecule has 0 saturated carbocycles. The predicted molar refractivity (Wildman–Crippen MR) is 110 cm³/mol. The van der Waals surface area contributed by atoms with E-state index in [0.717, 1.165) is 37.3 Å². The Balaban J connectivity index is 1.54. The van der Waals surface area contributed by atoms with Crippen LogP contribution in [0.25, 0.3) is 0 Å². The van der Waals surface area contributed by atoms with Crippen LogP contribution in [0.2, 0.25) is 0 Å². The molecule has 2 aromatic rings. The van der Waals surface area contributed by atoms with E-state index in [9.17, 15) is 13.2 Å². The van der Waals surface area contributed by atoms with Crippen molar-refractivity contribution < 1.29 is 13.2 Å². The first kappa shape index (κ1) is 20.8. The number of anilines is 1. The number of benzene rings is 1. The van der Waals surface area contributed by atoms with Crippen molar-refractivity contribution in [3.63, 3.8) is 0 Å². The number of aromatic nitrogens is 1. The summed E-state index contributed by atoms with van der Waals surface area (Å²) in [6.45, 7) is 3.35. The van der Waals surface area contributed by atoms with Crippen LogP contribution >= 0.6 is 0 Å². The van der Waals surface area contributed by atoms with E-state index >= 15 is 0 Å². The number of sulfone groups is 1. The largest absolute Gasteiger partial charge is 0.357 e. The maximum absolute atomic E-state index is 12.7. The molecular formula is C21H24N4O3S. The Morgan fingerprint density at radius 3 is 2.38 bits per heavy atom. The Bertz CT molecular complexity index is 1000. The minimum atomic E-state index is -3.23. The van der Waals surface area contributed by atoms with E-state index < -0.39 is 9.84 Å². The summed E-state index contributed by atoms with van der Waals surface area (Å²) in [6.07, 6.45) is 4.19. The van der Waals surface area contributed by atoms with Crippen molar-refractivity contribution in [3.05, 3.63) is 53.7 Å². The Morgan fingerprint density at radius 1 is 1.21 bits per heavy atom. The molecule has 1 saturated heterocycles. The lowest BCUT2D eigenvalue weighted by Gasteiger charge is -2.32. The van der Waals surface area contributed by atoms with E-state index in [1.807, 2.05) is 13.0 Å². The highest BCUT2D eigenvalue weighted by molar-refractivity contribution is 7.90. The third-order valence-electron chi connectivity index (χ3n) is 5.23. The molecule has 8 heteroatoms. The van der Waals surface area contributed by atoms with Gasteiger partial charge in [0.15, 0.2) is 9.84 Å². The Hall–Kier alpha value is -2.92. The van der Waals surface area contributed by atoms with Gasteiger partial charge in [0, 0.05) is 31.5 Å². The number of piperidine rings is 1. The molecule has 1 amide bonds. The van der Waals surface area contributed by atoms with Gasteiger partial charge in [-0.2, -0.15) is 5.26 Å². The van der Waals surface area contributed by atoms with Crippen LogP contribution in [0.15, 0.2) is 47.5 Å². The second-order valence-corrected chi connectivity index (χ2v) is 9.37. The first-order valence-electron chi connectivity index (χ1n) is 9.49. The van der Waals surface area contributed by atoms with Gasteiger partial charge in [-0.3, -0.25) is 4.79 Å². The minimum absolute atomic E-state index is 0.0112. The topological polar surface area (TPSA) is 103 Å². The zero-order valence-electron chi connectivity index (χ0n) is 16.5. The Labute approximate surface area is 171 Å². The van der Waals surface area contributed by atoms with Crippen LogP contribution < -0.4 is 10.2 Å². The molecule has 7 nitrogen and oxygen atoms in total. The number of hydrogen-bond acceptors (Lipinski definition) is 6. The molecule has 1 aliphatic heterocycles. The molecule has 1 fully saturated rings. The second-order valence-electron chi connectivity index (χ2n) is 7.35. The monoisotopic (exact) mass is 412 g/mol. The number of nitrogens with zero attached hydrogens (tertiary/aromatic N) is 3. The van der Waals surface area contributed by atoms with E-state index in [4.69, 9.17) is 5.26 Å². The van der Waals surface area contributed by atoms with E-state index in [0.29, 0.717) is 5.56 Å². The van der Waals surface area contributed by atoms with E-state index in [1.54, 1.807) is 36.5 Å². The molecule has 0 bridgehead atoms. The van der Waals surface area contributed by atoms with Gasteiger partial charge in [0.25, 0.3) is 0 Å². The molecule has 1 N–H and O–H groups in total. The molecule has 1 aromatic carbocycles. The quantitative estimate of drug-likeness (QED) is 0.809. The molecule has 0 radical (unpaired) electrons. The standard InChI is InChI=1S/C21H24N4O3S/c1-15(17-4-6-19(7-5-17)29(2,27)28)24-21(26)18-9-11-25(12-10-18)20-8-3-16(13-22)14-23-20/h3-8,14-15,18H,9-12H2,1-2H3,(H,24,26)/t15-/m1/s1. The van der Waals surface area contributed by atoms with Crippen molar-refractivity contribution >= 4 is 21.6 Å². The maximum Gasteiger partial charge on any atom is 0.223 e. The molecule has 0 aliphatic carbocycles. The third-order valence-corrected chi connectivity index (χ3v) is 6.36. The molecule has 3 rings (SSSR count). The SMILES string of the molecule is C[C@@H](NC(=O)C1CCN(c2ccc(C#N)cn2)CC1)c1ccc(S(C)(=O)=O)cc1. The van der Waals surface area contributed by atoms with Gasteiger partial charge in [-0.15, -0.1) is 0 Å². The summed E-state index contributed by atoms with van der Waals surface area (Å²) < 4.78 is 23.1. The van der Waals surface area contributed by atoms with Gasteiger partial charge in [-0.25, -0.2) is 13.4 Å². The van der Waals surface area contributed by atoms with Crippen LogP contribution in [0.1, 0.15) is 36.9 Å². The lowest BCUT2D eigenvalue weighted by Crippen LogP contribution is -2.41. The van der Waals surface area contributed by atoms with Gasteiger partial charge in [-0.05, 0) is 49.6 Å². The molecule has 0 spiro atoms. The first-order chi connectivity index (χ1) is 13.8. The number of nitriles is 1. The summed E-state index contributed by atoms with van der Waals surface area (Å²) in [5.74, 6) is 0.765. The highest BCUT2D eigenvalue weighted by atomic mass is 32.2. The zero-order chi connectivity index (χ0) is 21.0. The van der Waals surface area contributed by atoms with Crippen LogP contribution in [0.4, 0.5) is 5.82 Å². The Morgan fingerprint density at radius 2 is 1.86 bits per heavy atom. The first-order valence-corrected chi connectivity index (χ1v) is 11.4. The number of nitrogens with one attached hydrogen (secondary N) is 1. The molecule has 2 heterocycles. The lowest BCUT2D eigenvalue weighted by atomic mass is 9.95. The van der Waals surface area contributed by atoms with Crippen molar-refractivity contribution in [2.75, 3.05) is 24.2 Å². The summed E-state index contributed by atoms with van der Waals surface area (Å²) in [7, 11) is -3.23. The zero-order valence-corrected chi connectivity index (χ0v) is 17.3. The summed E-state index contributed by atoms with van der Waals surface area (Å²) in [4.78, 5) is 19.4. The predicted octanol–water partition coefficient (Wildman–Crippen LogP) is 2.45. The highest BCUT2D eigenvalue weighted by Gasteiger charge is 2.26. The molecule has 1 aromatic heterocycles. The van der Waals surface area contributed by atoms with Crippen molar-refractivity contribution in [3.8, 4) is 6.07 Å². The number of carbonyl (C=O) groups is 1. The number of amides is 1. The second kappa shape index (κ2) is 8.62. The van der Waals surface area contributed by atoms with Crippen molar-refractivity contribution in [1.29, 1.82) is 5.26 Å². The number of pyridine rings is 1. The van der Waals surface area contributed by atoms with E-state index in [2.05, 4.69) is 21.3 Å².